The van der Waals surface area contributed by atoms with E-state index in [0.29, 0.717) is 19.4 Å². The Kier molecular flexibility index (Phi) is 7.35. The van der Waals surface area contributed by atoms with E-state index >= 15 is 0 Å². The molecule has 1 rings (SSSR count). The van der Waals surface area contributed by atoms with Crippen LogP contribution >= 0.6 is 0 Å². The number of nitrogens with one attached hydrogen (secondary N) is 1. The van der Waals surface area contributed by atoms with Crippen LogP contribution in [0.1, 0.15) is 44.1 Å². The van der Waals surface area contributed by atoms with Crippen molar-refractivity contribution < 1.29 is 9.59 Å². The van der Waals surface area contributed by atoms with E-state index in [0.717, 1.165) is 36.9 Å². The van der Waals surface area contributed by atoms with E-state index in [1.165, 1.54) is 0 Å². The summed E-state index contributed by atoms with van der Waals surface area (Å²) in [5.74, 6) is -0.246. The van der Waals surface area contributed by atoms with Crippen molar-refractivity contribution in [2.75, 3.05) is 5.32 Å². The first-order valence-electron chi connectivity index (χ1n) is 6.99. The first-order chi connectivity index (χ1) is 9.61. The van der Waals surface area contributed by atoms with Gasteiger partial charge in [-0.05, 0) is 30.5 Å². The molecule has 5 heteroatoms. The largest absolute Gasteiger partial charge is 0.370 e. The molecule has 0 unspecified atom stereocenters. The van der Waals surface area contributed by atoms with Gasteiger partial charge in [-0.25, -0.2) is 0 Å². The zero-order chi connectivity index (χ0) is 14.8. The van der Waals surface area contributed by atoms with E-state index in [9.17, 15) is 9.59 Å². The Bertz CT molecular complexity index is 429. The topological polar surface area (TPSA) is 98.2 Å². The van der Waals surface area contributed by atoms with Crippen molar-refractivity contribution in [3.05, 3.63) is 29.8 Å². The normalized spacial score (nSPS) is 10.2. The number of carbonyl (C=O) groups excluding carboxylic acids is 2. The molecule has 0 radical (unpaired) electrons. The van der Waals surface area contributed by atoms with Gasteiger partial charge in [-0.2, -0.15) is 0 Å². The molecule has 0 saturated heterocycles. The second-order valence-electron chi connectivity index (χ2n) is 4.83. The molecule has 0 aromatic heterocycles. The Morgan fingerprint density at radius 3 is 2.10 bits per heavy atom. The summed E-state index contributed by atoms with van der Waals surface area (Å²) < 4.78 is 0. The molecule has 20 heavy (non-hydrogen) atoms. The zero-order valence-electron chi connectivity index (χ0n) is 11.7. The second-order valence-corrected chi connectivity index (χ2v) is 4.83. The molecule has 2 amide bonds. The summed E-state index contributed by atoms with van der Waals surface area (Å²) in [6.45, 7) is 0.500. The Hall–Kier alpha value is -1.88. The van der Waals surface area contributed by atoms with Crippen LogP contribution in [0.4, 0.5) is 5.69 Å². The number of nitrogens with two attached hydrogens (primary N) is 2. The number of rotatable bonds is 9. The molecule has 0 fully saturated rings. The number of primary amides is 1. The molecule has 0 saturated carbocycles. The van der Waals surface area contributed by atoms with E-state index in [-0.39, 0.29) is 11.8 Å². The monoisotopic (exact) mass is 277 g/mol. The van der Waals surface area contributed by atoms with Gasteiger partial charge in [0.15, 0.2) is 0 Å². The molecule has 1 aromatic carbocycles. The van der Waals surface area contributed by atoms with Crippen LogP contribution < -0.4 is 16.8 Å². The van der Waals surface area contributed by atoms with Crippen LogP contribution in [0.15, 0.2) is 24.3 Å². The summed E-state index contributed by atoms with van der Waals surface area (Å²) in [6.07, 6.45) is 4.42. The average molecular weight is 277 g/mol. The van der Waals surface area contributed by atoms with Gasteiger partial charge in [0.25, 0.3) is 0 Å². The number of hydrogen-bond acceptors (Lipinski definition) is 3. The SMILES string of the molecule is NCc1ccc(NC(=O)CCCCCCC(N)=O)cc1. The predicted molar refractivity (Wildman–Crippen MR) is 79.9 cm³/mol. The molecule has 0 spiro atoms. The number of carbonyl (C=O) groups is 2. The molecule has 1 aromatic rings. The van der Waals surface area contributed by atoms with E-state index in [4.69, 9.17) is 11.5 Å². The number of unbranched alkanes of at least 4 members (excludes halogenated alkanes) is 3. The van der Waals surface area contributed by atoms with Crippen molar-refractivity contribution >= 4 is 17.5 Å². The average Bonchev–Trinajstić information content (AvgIpc) is 2.43. The molecular weight excluding hydrogens is 254 g/mol. The van der Waals surface area contributed by atoms with Crippen LogP contribution in [0, 0.1) is 0 Å². The molecule has 0 heterocycles. The zero-order valence-corrected chi connectivity index (χ0v) is 11.7. The quantitative estimate of drug-likeness (QED) is 0.601. The van der Waals surface area contributed by atoms with Gasteiger partial charge in [0, 0.05) is 25.1 Å². The van der Waals surface area contributed by atoms with Gasteiger partial charge in [-0.15, -0.1) is 0 Å². The highest BCUT2D eigenvalue weighted by Crippen LogP contribution is 2.11. The van der Waals surface area contributed by atoms with Crippen molar-refractivity contribution in [2.24, 2.45) is 11.5 Å². The van der Waals surface area contributed by atoms with Gasteiger partial charge < -0.3 is 16.8 Å². The summed E-state index contributed by atoms with van der Waals surface area (Å²) in [6, 6.07) is 7.51. The fraction of sp³-hybridized carbons (Fsp3) is 0.467. The molecule has 110 valence electrons. The van der Waals surface area contributed by atoms with Gasteiger partial charge in [-0.3, -0.25) is 9.59 Å². The Balaban J connectivity index is 2.15. The molecule has 0 aliphatic heterocycles. The van der Waals surface area contributed by atoms with Gasteiger partial charge in [0.05, 0.1) is 0 Å². The van der Waals surface area contributed by atoms with Crippen LogP contribution in [-0.2, 0) is 16.1 Å². The van der Waals surface area contributed by atoms with Crippen LogP contribution in [0.2, 0.25) is 0 Å². The van der Waals surface area contributed by atoms with Gasteiger partial charge in [-0.1, -0.05) is 25.0 Å². The first-order valence-corrected chi connectivity index (χ1v) is 6.99. The number of anilines is 1. The fourth-order valence-electron chi connectivity index (χ4n) is 1.89. The molecule has 0 atom stereocenters. The van der Waals surface area contributed by atoms with E-state index in [1.54, 1.807) is 0 Å². The minimum atomic E-state index is -0.260. The van der Waals surface area contributed by atoms with E-state index < -0.39 is 0 Å². The lowest BCUT2D eigenvalue weighted by Crippen LogP contribution is -2.11. The summed E-state index contributed by atoms with van der Waals surface area (Å²) in [4.78, 5) is 22.2. The smallest absolute Gasteiger partial charge is 0.224 e. The van der Waals surface area contributed by atoms with E-state index in [1.807, 2.05) is 24.3 Å². The third-order valence-electron chi connectivity index (χ3n) is 3.05. The number of amides is 2. The van der Waals surface area contributed by atoms with Gasteiger partial charge in [0.2, 0.25) is 11.8 Å². The molecule has 0 aliphatic carbocycles. The van der Waals surface area contributed by atoms with Gasteiger partial charge in [0.1, 0.15) is 0 Å². The van der Waals surface area contributed by atoms with Crippen molar-refractivity contribution in [1.29, 1.82) is 0 Å². The van der Waals surface area contributed by atoms with Crippen LogP contribution in [-0.4, -0.2) is 11.8 Å². The molecule has 5 nitrogen and oxygen atoms in total. The van der Waals surface area contributed by atoms with Gasteiger partial charge >= 0.3 is 0 Å². The van der Waals surface area contributed by atoms with Crippen LogP contribution in [0.3, 0.4) is 0 Å². The van der Waals surface area contributed by atoms with E-state index in [2.05, 4.69) is 5.32 Å². The lowest BCUT2D eigenvalue weighted by molar-refractivity contribution is -0.118. The highest BCUT2D eigenvalue weighted by molar-refractivity contribution is 5.90. The Morgan fingerprint density at radius 1 is 0.950 bits per heavy atom. The summed E-state index contributed by atoms with van der Waals surface area (Å²) in [7, 11) is 0. The number of benzene rings is 1. The minimum Gasteiger partial charge on any atom is -0.370 e. The number of hydrogen-bond donors (Lipinski definition) is 3. The third kappa shape index (κ3) is 6.89. The van der Waals surface area contributed by atoms with Crippen molar-refractivity contribution in [3.8, 4) is 0 Å². The highest BCUT2D eigenvalue weighted by atomic mass is 16.1. The van der Waals surface area contributed by atoms with Crippen molar-refractivity contribution in [2.45, 2.75) is 45.1 Å². The first kappa shape index (κ1) is 16.2. The highest BCUT2D eigenvalue weighted by Gasteiger charge is 2.02. The predicted octanol–water partition coefficient (Wildman–Crippen LogP) is 1.91. The molecule has 0 aliphatic rings. The van der Waals surface area contributed by atoms with Crippen molar-refractivity contribution in [3.63, 3.8) is 0 Å². The molecule has 0 bridgehead atoms. The fourth-order valence-corrected chi connectivity index (χ4v) is 1.89. The molecule has 5 N–H and O–H groups in total. The Morgan fingerprint density at radius 2 is 1.55 bits per heavy atom. The maximum Gasteiger partial charge on any atom is 0.224 e. The maximum atomic E-state index is 11.7. The maximum absolute atomic E-state index is 11.7. The summed E-state index contributed by atoms with van der Waals surface area (Å²) in [5.41, 5.74) is 12.4. The Labute approximate surface area is 119 Å². The van der Waals surface area contributed by atoms with Crippen LogP contribution in [0.25, 0.3) is 0 Å². The van der Waals surface area contributed by atoms with Crippen LogP contribution in [0.5, 0.6) is 0 Å². The third-order valence-corrected chi connectivity index (χ3v) is 3.05. The summed E-state index contributed by atoms with van der Waals surface area (Å²) in [5, 5.41) is 2.85. The summed E-state index contributed by atoms with van der Waals surface area (Å²) >= 11 is 0. The lowest BCUT2D eigenvalue weighted by atomic mass is 10.1. The van der Waals surface area contributed by atoms with Crippen molar-refractivity contribution in [1.82, 2.24) is 0 Å². The standard InChI is InChI=1S/C15H23N3O2/c16-11-12-7-9-13(10-8-12)18-15(20)6-4-2-1-3-5-14(17)19/h7-10H,1-6,11,16H2,(H2,17,19)(H,18,20). The molecular formula is C15H23N3O2. The second kappa shape index (κ2) is 9.09. The lowest BCUT2D eigenvalue weighted by Gasteiger charge is -2.06. The minimum absolute atomic E-state index is 0.0143.